The predicted octanol–water partition coefficient (Wildman–Crippen LogP) is 3.22. The summed E-state index contributed by atoms with van der Waals surface area (Å²) in [5, 5.41) is 20.4. The summed E-state index contributed by atoms with van der Waals surface area (Å²) in [5.74, 6) is 0.485. The molecule has 0 radical (unpaired) electrons. The summed E-state index contributed by atoms with van der Waals surface area (Å²) >= 11 is 16.9. The largest absolute Gasteiger partial charge is 0.378 e. The van der Waals surface area contributed by atoms with E-state index in [0.717, 1.165) is 5.82 Å². The van der Waals surface area contributed by atoms with E-state index in [1.54, 1.807) is 0 Å². The van der Waals surface area contributed by atoms with Gasteiger partial charge < -0.3 is 15.0 Å². The van der Waals surface area contributed by atoms with Gasteiger partial charge in [-0.05, 0) is 36.0 Å². The number of aliphatic hydroxyl groups is 1. The number of aliphatic hydroxyl groups excluding tert-OH is 1. The van der Waals surface area contributed by atoms with E-state index < -0.39 is 12.0 Å². The average molecular weight is 389 g/mol. The predicted molar refractivity (Wildman–Crippen MR) is 95.9 cm³/mol. The van der Waals surface area contributed by atoms with Crippen LogP contribution < -0.4 is 5.32 Å². The molecule has 1 aromatic heterocycles. The summed E-state index contributed by atoms with van der Waals surface area (Å²) in [6.07, 6.45) is -1.34. The van der Waals surface area contributed by atoms with Gasteiger partial charge in [0, 0.05) is 29.1 Å². The number of amides is 1. The van der Waals surface area contributed by atoms with Gasteiger partial charge in [-0.2, -0.15) is 5.10 Å². The lowest BCUT2D eigenvalue weighted by atomic mass is 10.1. The van der Waals surface area contributed by atoms with Crippen molar-refractivity contribution in [1.82, 2.24) is 20.1 Å². The Bertz CT molecular complexity index is 768. The van der Waals surface area contributed by atoms with Crippen LogP contribution in [0.4, 0.5) is 0 Å². The van der Waals surface area contributed by atoms with Crippen molar-refractivity contribution in [3.8, 4) is 0 Å². The van der Waals surface area contributed by atoms with Gasteiger partial charge >= 0.3 is 0 Å². The number of halogens is 2. The van der Waals surface area contributed by atoms with E-state index in [4.69, 9.17) is 35.4 Å². The molecular weight excluding hydrogens is 371 g/mol. The SMILES string of the molecule is CC(C)c1n[nH]c(=S)n1CCNC(=O)[C@@H](O)c1cc(Cl)cc(Cl)c1. The van der Waals surface area contributed by atoms with Crippen LogP contribution in [0.2, 0.25) is 10.0 Å². The van der Waals surface area contributed by atoms with Crippen molar-refractivity contribution in [1.29, 1.82) is 0 Å². The Labute approximate surface area is 154 Å². The first-order valence-electron chi connectivity index (χ1n) is 7.36. The number of carbonyl (C=O) groups excluding carboxylic acids is 1. The maximum atomic E-state index is 12.1. The highest BCUT2D eigenvalue weighted by molar-refractivity contribution is 7.71. The third-order valence-corrected chi connectivity index (χ3v) is 4.14. The van der Waals surface area contributed by atoms with E-state index in [2.05, 4.69) is 15.5 Å². The van der Waals surface area contributed by atoms with Crippen LogP contribution in [0.1, 0.15) is 37.3 Å². The van der Waals surface area contributed by atoms with Crippen LogP contribution in [0.25, 0.3) is 0 Å². The summed E-state index contributed by atoms with van der Waals surface area (Å²) in [4.78, 5) is 12.1. The van der Waals surface area contributed by atoms with E-state index in [1.165, 1.54) is 18.2 Å². The van der Waals surface area contributed by atoms with Crippen molar-refractivity contribution in [2.24, 2.45) is 0 Å². The molecule has 0 spiro atoms. The van der Waals surface area contributed by atoms with Gasteiger partial charge in [-0.25, -0.2) is 0 Å². The Morgan fingerprint density at radius 1 is 1.38 bits per heavy atom. The number of hydrogen-bond acceptors (Lipinski definition) is 4. The molecule has 1 amide bonds. The highest BCUT2D eigenvalue weighted by atomic mass is 35.5. The van der Waals surface area contributed by atoms with Crippen LogP contribution in [0.3, 0.4) is 0 Å². The van der Waals surface area contributed by atoms with Gasteiger partial charge in [0.25, 0.3) is 5.91 Å². The summed E-state index contributed by atoms with van der Waals surface area (Å²) in [5.41, 5.74) is 0.341. The standard InChI is InChI=1S/C15H18Cl2N4O2S/c1-8(2)13-19-20-15(24)21(13)4-3-18-14(23)12(22)9-5-10(16)7-11(17)6-9/h5-8,12,22H,3-4H2,1-2H3,(H,18,23)(H,20,24)/t12-/m0/s1. The van der Waals surface area contributed by atoms with Crippen molar-refractivity contribution < 1.29 is 9.90 Å². The second-order valence-electron chi connectivity index (χ2n) is 5.59. The van der Waals surface area contributed by atoms with Gasteiger partial charge in [0.2, 0.25) is 0 Å². The van der Waals surface area contributed by atoms with Gasteiger partial charge in [0.15, 0.2) is 10.9 Å². The third kappa shape index (κ3) is 4.57. The van der Waals surface area contributed by atoms with E-state index in [9.17, 15) is 9.90 Å². The zero-order chi connectivity index (χ0) is 17.9. The molecule has 0 saturated carbocycles. The fourth-order valence-electron chi connectivity index (χ4n) is 2.26. The molecular formula is C15H18Cl2N4O2S. The number of hydrogen-bond donors (Lipinski definition) is 3. The molecule has 0 aliphatic heterocycles. The fourth-order valence-corrected chi connectivity index (χ4v) is 3.03. The first-order valence-corrected chi connectivity index (χ1v) is 8.53. The van der Waals surface area contributed by atoms with Gasteiger partial charge in [0.1, 0.15) is 5.82 Å². The van der Waals surface area contributed by atoms with Crippen molar-refractivity contribution in [3.05, 3.63) is 44.4 Å². The summed E-state index contributed by atoms with van der Waals surface area (Å²) in [7, 11) is 0. The molecule has 6 nitrogen and oxygen atoms in total. The monoisotopic (exact) mass is 388 g/mol. The minimum Gasteiger partial charge on any atom is -0.378 e. The average Bonchev–Trinajstić information content (AvgIpc) is 2.86. The lowest BCUT2D eigenvalue weighted by Crippen LogP contribution is -2.32. The molecule has 1 atom stereocenters. The molecule has 3 N–H and O–H groups in total. The number of benzene rings is 1. The Morgan fingerprint density at radius 2 is 2.00 bits per heavy atom. The zero-order valence-corrected chi connectivity index (χ0v) is 15.5. The molecule has 0 saturated heterocycles. The van der Waals surface area contributed by atoms with Crippen molar-refractivity contribution >= 4 is 41.3 Å². The lowest BCUT2D eigenvalue weighted by molar-refractivity contribution is -0.129. The van der Waals surface area contributed by atoms with Crippen LogP contribution >= 0.6 is 35.4 Å². The van der Waals surface area contributed by atoms with Crippen molar-refractivity contribution in [3.63, 3.8) is 0 Å². The first kappa shape index (κ1) is 18.9. The quantitative estimate of drug-likeness (QED) is 0.663. The number of rotatable bonds is 6. The molecule has 9 heteroatoms. The molecule has 0 aliphatic rings. The van der Waals surface area contributed by atoms with Gasteiger partial charge in [-0.3, -0.25) is 9.89 Å². The summed E-state index contributed by atoms with van der Waals surface area (Å²) < 4.78 is 2.32. The molecule has 130 valence electrons. The lowest BCUT2D eigenvalue weighted by Gasteiger charge is -2.14. The number of nitrogens with one attached hydrogen (secondary N) is 2. The summed E-state index contributed by atoms with van der Waals surface area (Å²) in [6, 6.07) is 4.53. The van der Waals surface area contributed by atoms with Crippen molar-refractivity contribution in [2.45, 2.75) is 32.4 Å². The van der Waals surface area contributed by atoms with Crippen LogP contribution in [-0.2, 0) is 11.3 Å². The Kier molecular flexibility index (Phi) is 6.40. The zero-order valence-electron chi connectivity index (χ0n) is 13.2. The van der Waals surface area contributed by atoms with E-state index >= 15 is 0 Å². The minimum atomic E-state index is -1.34. The molecule has 1 heterocycles. The molecule has 0 fully saturated rings. The normalized spacial score (nSPS) is 12.4. The molecule has 24 heavy (non-hydrogen) atoms. The Morgan fingerprint density at radius 3 is 2.58 bits per heavy atom. The Hall–Kier alpha value is -1.41. The van der Waals surface area contributed by atoms with Crippen LogP contribution in [0.5, 0.6) is 0 Å². The first-order chi connectivity index (χ1) is 11.3. The van der Waals surface area contributed by atoms with Crippen LogP contribution in [0.15, 0.2) is 18.2 Å². The minimum absolute atomic E-state index is 0.202. The maximum Gasteiger partial charge on any atom is 0.253 e. The second-order valence-corrected chi connectivity index (χ2v) is 6.85. The summed E-state index contributed by atoms with van der Waals surface area (Å²) in [6.45, 7) is 4.77. The van der Waals surface area contributed by atoms with Crippen LogP contribution in [0, 0.1) is 4.77 Å². The maximum absolute atomic E-state index is 12.1. The number of aromatic amines is 1. The second kappa shape index (κ2) is 8.11. The smallest absolute Gasteiger partial charge is 0.253 e. The molecule has 2 rings (SSSR count). The Balaban J connectivity index is 1.98. The topological polar surface area (TPSA) is 82.9 Å². The number of nitrogens with zero attached hydrogens (tertiary/aromatic N) is 2. The van der Waals surface area contributed by atoms with Gasteiger partial charge in [-0.1, -0.05) is 37.0 Å². The molecule has 1 aromatic carbocycles. The van der Waals surface area contributed by atoms with E-state index in [-0.39, 0.29) is 5.92 Å². The van der Waals surface area contributed by atoms with Crippen LogP contribution in [-0.4, -0.2) is 32.3 Å². The molecule has 2 aromatic rings. The number of aromatic nitrogens is 3. The molecule has 0 aliphatic carbocycles. The highest BCUT2D eigenvalue weighted by Gasteiger charge is 2.18. The van der Waals surface area contributed by atoms with Crippen molar-refractivity contribution in [2.75, 3.05) is 6.54 Å². The fraction of sp³-hybridized carbons (Fsp3) is 0.400. The number of H-pyrrole nitrogens is 1. The van der Waals surface area contributed by atoms with E-state index in [0.29, 0.717) is 33.5 Å². The molecule has 0 unspecified atom stereocenters. The van der Waals surface area contributed by atoms with E-state index in [1.807, 2.05) is 18.4 Å². The highest BCUT2D eigenvalue weighted by Crippen LogP contribution is 2.23. The van der Waals surface area contributed by atoms with Gasteiger partial charge in [-0.15, -0.1) is 0 Å². The van der Waals surface area contributed by atoms with Gasteiger partial charge in [0.05, 0.1) is 0 Å². The third-order valence-electron chi connectivity index (χ3n) is 3.39. The molecule has 0 bridgehead atoms. The number of carbonyl (C=O) groups is 1.